The van der Waals surface area contributed by atoms with Crippen molar-refractivity contribution in [2.45, 2.75) is 6.42 Å². The van der Waals surface area contributed by atoms with E-state index in [1.165, 1.54) is 25.6 Å². The fourth-order valence-electron chi connectivity index (χ4n) is 2.91. The number of carbonyl (C=O) groups excluding carboxylic acids is 1. The highest BCUT2D eigenvalue weighted by Crippen LogP contribution is 2.31. The van der Waals surface area contributed by atoms with Crippen molar-refractivity contribution in [3.63, 3.8) is 0 Å². The number of nitrogens with one attached hydrogen (secondary N) is 1. The molecule has 0 aliphatic rings. The lowest BCUT2D eigenvalue weighted by molar-refractivity contribution is -0.116. The zero-order valence-electron chi connectivity index (χ0n) is 17.2. The third-order valence-corrected chi connectivity index (χ3v) is 4.97. The fraction of sp³-hybridized carbons (Fsp3) is 0.227. The number of fused-ring (bicyclic) bond motifs is 1. The van der Waals surface area contributed by atoms with Crippen LogP contribution in [0.4, 0.5) is 20.3 Å². The van der Waals surface area contributed by atoms with Crippen LogP contribution >= 0.6 is 15.9 Å². The highest BCUT2D eigenvalue weighted by Gasteiger charge is 2.17. The van der Waals surface area contributed by atoms with Crippen LogP contribution in [0, 0.1) is 5.82 Å². The number of Topliss-reactive ketones (excluding diaryl/α,β-unsaturated/α-hetero) is 1. The Morgan fingerprint density at radius 3 is 2.71 bits per heavy atom. The average molecular weight is 491 g/mol. The van der Waals surface area contributed by atoms with E-state index in [4.69, 9.17) is 4.74 Å². The molecule has 0 saturated carbocycles. The molecule has 162 valence electrons. The summed E-state index contributed by atoms with van der Waals surface area (Å²) >= 11 is 3.22. The molecule has 0 aliphatic carbocycles. The summed E-state index contributed by atoms with van der Waals surface area (Å²) < 4.78 is 34.5. The van der Waals surface area contributed by atoms with Crippen molar-refractivity contribution in [1.82, 2.24) is 14.9 Å². The predicted octanol–water partition coefficient (Wildman–Crippen LogP) is 4.81. The third kappa shape index (κ3) is 5.62. The van der Waals surface area contributed by atoms with Gasteiger partial charge < -0.3 is 15.0 Å². The number of ketones is 1. The highest BCUT2D eigenvalue weighted by molar-refractivity contribution is 9.10. The minimum Gasteiger partial charge on any atom is -0.496 e. The van der Waals surface area contributed by atoms with E-state index in [0.717, 1.165) is 0 Å². The first-order valence-electron chi connectivity index (χ1n) is 9.35. The molecule has 3 aromatic rings. The Hall–Kier alpha value is -2.91. The van der Waals surface area contributed by atoms with Gasteiger partial charge in [0.25, 0.3) is 0 Å². The summed E-state index contributed by atoms with van der Waals surface area (Å²) in [5.41, 5.74) is 1.24. The molecular formula is C22H21BrF2N4O2. The predicted molar refractivity (Wildman–Crippen MR) is 120 cm³/mol. The van der Waals surface area contributed by atoms with E-state index < -0.39 is 17.4 Å². The molecule has 0 atom stereocenters. The van der Waals surface area contributed by atoms with Gasteiger partial charge in [0.05, 0.1) is 18.3 Å². The number of rotatable bonds is 8. The van der Waals surface area contributed by atoms with Gasteiger partial charge in [-0.3, -0.25) is 4.79 Å². The summed E-state index contributed by atoms with van der Waals surface area (Å²) in [7, 11) is 5.03. The number of allylic oxidation sites excluding steroid dienone is 1. The number of anilines is 2. The van der Waals surface area contributed by atoms with E-state index in [1.807, 2.05) is 0 Å². The van der Waals surface area contributed by atoms with E-state index in [9.17, 15) is 13.6 Å². The van der Waals surface area contributed by atoms with Gasteiger partial charge in [0, 0.05) is 34.5 Å². The van der Waals surface area contributed by atoms with E-state index in [0.29, 0.717) is 39.1 Å². The summed E-state index contributed by atoms with van der Waals surface area (Å²) in [6.07, 6.45) is 2.38. The molecule has 3 rings (SSSR count). The molecule has 6 nitrogen and oxygen atoms in total. The maximum Gasteiger partial charge on any atom is 0.195 e. The van der Waals surface area contributed by atoms with E-state index in [2.05, 4.69) is 31.2 Å². The Bertz CT molecular complexity index is 1150. The maximum atomic E-state index is 14.3. The van der Waals surface area contributed by atoms with Gasteiger partial charge in [-0.25, -0.2) is 18.7 Å². The monoisotopic (exact) mass is 490 g/mol. The van der Waals surface area contributed by atoms with Crippen LogP contribution < -0.4 is 10.1 Å². The Kier molecular flexibility index (Phi) is 7.29. The number of nitrogens with zero attached hydrogens (tertiary/aromatic N) is 3. The zero-order valence-corrected chi connectivity index (χ0v) is 18.8. The van der Waals surface area contributed by atoms with Crippen molar-refractivity contribution in [2.75, 3.05) is 33.1 Å². The SMILES string of the molecule is COc1cc2ncnc(Nc3ccc(Br)cc3F)c2cc1CC(=O)C(F)=CCN(C)C. The van der Waals surface area contributed by atoms with Crippen LogP contribution in [0.15, 0.2) is 53.0 Å². The molecular weight excluding hydrogens is 470 g/mol. The number of benzene rings is 2. The lowest BCUT2D eigenvalue weighted by atomic mass is 10.0. The number of likely N-dealkylation sites (N-methyl/N-ethyl adjacent to an activating group) is 1. The Morgan fingerprint density at radius 2 is 2.03 bits per heavy atom. The smallest absolute Gasteiger partial charge is 0.195 e. The standard InChI is InChI=1S/C22H21BrF2N4O2/c1-29(2)7-6-16(24)20(30)9-13-8-15-19(11-21(13)31-3)26-12-27-22(15)28-18-5-4-14(23)10-17(18)25/h4-6,8,10-12H,7,9H2,1-3H3,(H,26,27,28). The molecule has 1 heterocycles. The average Bonchev–Trinajstić information content (AvgIpc) is 2.73. The number of carbonyl (C=O) groups is 1. The van der Waals surface area contributed by atoms with Crippen molar-refractivity contribution in [3.8, 4) is 5.75 Å². The largest absolute Gasteiger partial charge is 0.496 e. The number of aromatic nitrogens is 2. The van der Waals surface area contributed by atoms with Gasteiger partial charge in [0.1, 0.15) is 23.7 Å². The second kappa shape index (κ2) is 9.93. The molecule has 0 spiro atoms. The topological polar surface area (TPSA) is 67.4 Å². The molecule has 0 unspecified atom stereocenters. The minimum absolute atomic E-state index is 0.199. The highest BCUT2D eigenvalue weighted by atomic mass is 79.9. The molecule has 0 fully saturated rings. The number of ether oxygens (including phenoxy) is 1. The quantitative estimate of drug-likeness (QED) is 0.457. The number of hydrogen-bond acceptors (Lipinski definition) is 6. The van der Waals surface area contributed by atoms with Crippen LogP contribution in [0.25, 0.3) is 10.9 Å². The maximum absolute atomic E-state index is 14.3. The van der Waals surface area contributed by atoms with Crippen molar-refractivity contribution in [2.24, 2.45) is 0 Å². The van der Waals surface area contributed by atoms with Gasteiger partial charge >= 0.3 is 0 Å². The Labute approximate surface area is 187 Å². The third-order valence-electron chi connectivity index (χ3n) is 4.47. The van der Waals surface area contributed by atoms with Crippen LogP contribution in [0.5, 0.6) is 5.75 Å². The van der Waals surface area contributed by atoms with Gasteiger partial charge in [-0.1, -0.05) is 15.9 Å². The van der Waals surface area contributed by atoms with Gasteiger partial charge in [0.2, 0.25) is 0 Å². The first-order valence-corrected chi connectivity index (χ1v) is 10.1. The molecule has 31 heavy (non-hydrogen) atoms. The number of halogens is 3. The van der Waals surface area contributed by atoms with Crippen LogP contribution in [0.3, 0.4) is 0 Å². The Balaban J connectivity index is 1.98. The summed E-state index contributed by atoms with van der Waals surface area (Å²) in [6.45, 7) is 0.313. The molecule has 2 aromatic carbocycles. The fourth-order valence-corrected chi connectivity index (χ4v) is 3.24. The van der Waals surface area contributed by atoms with Crippen molar-refractivity contribution in [3.05, 3.63) is 64.4 Å². The summed E-state index contributed by atoms with van der Waals surface area (Å²) in [6, 6.07) is 7.91. The van der Waals surface area contributed by atoms with E-state index in [-0.39, 0.29) is 12.1 Å². The molecule has 0 saturated heterocycles. The molecule has 0 radical (unpaired) electrons. The zero-order chi connectivity index (χ0) is 22.5. The van der Waals surface area contributed by atoms with Crippen LogP contribution in [0.2, 0.25) is 0 Å². The molecule has 0 aliphatic heterocycles. The van der Waals surface area contributed by atoms with Crippen molar-refractivity contribution >= 4 is 44.1 Å². The summed E-state index contributed by atoms with van der Waals surface area (Å²) in [5.74, 6) is -1.18. The first kappa shape index (κ1) is 22.8. The number of methoxy groups -OCH3 is 1. The number of hydrogen-bond donors (Lipinski definition) is 1. The molecule has 0 amide bonds. The lowest BCUT2D eigenvalue weighted by Crippen LogP contribution is -2.13. The van der Waals surface area contributed by atoms with Crippen LogP contribution in [0.1, 0.15) is 5.56 Å². The molecule has 0 bridgehead atoms. The van der Waals surface area contributed by atoms with E-state index in [1.54, 1.807) is 43.3 Å². The van der Waals surface area contributed by atoms with Crippen molar-refractivity contribution < 1.29 is 18.3 Å². The van der Waals surface area contributed by atoms with Gasteiger partial charge in [0.15, 0.2) is 11.6 Å². The van der Waals surface area contributed by atoms with Gasteiger partial charge in [-0.2, -0.15) is 0 Å². The first-order chi connectivity index (χ1) is 14.8. The second-order valence-corrected chi connectivity index (χ2v) is 7.98. The second-order valence-electron chi connectivity index (χ2n) is 7.07. The van der Waals surface area contributed by atoms with E-state index >= 15 is 0 Å². The van der Waals surface area contributed by atoms with Gasteiger partial charge in [-0.05, 0) is 44.4 Å². The minimum atomic E-state index is -0.810. The molecule has 1 aromatic heterocycles. The molecule has 9 heteroatoms. The lowest BCUT2D eigenvalue weighted by Gasteiger charge is -2.13. The van der Waals surface area contributed by atoms with Gasteiger partial charge in [-0.15, -0.1) is 0 Å². The van der Waals surface area contributed by atoms with Crippen LogP contribution in [-0.4, -0.2) is 48.4 Å². The summed E-state index contributed by atoms with van der Waals surface area (Å²) in [4.78, 5) is 22.5. The molecule has 1 N–H and O–H groups in total. The Morgan fingerprint density at radius 1 is 1.26 bits per heavy atom. The van der Waals surface area contributed by atoms with Crippen molar-refractivity contribution in [1.29, 1.82) is 0 Å². The van der Waals surface area contributed by atoms with Crippen LogP contribution in [-0.2, 0) is 11.2 Å². The summed E-state index contributed by atoms with van der Waals surface area (Å²) in [5, 5.41) is 3.50. The normalized spacial score (nSPS) is 11.8.